The number of hydrogen-bond acceptors (Lipinski definition) is 1. The van der Waals surface area contributed by atoms with Crippen molar-refractivity contribution in [2.75, 3.05) is 13.1 Å². The molecule has 8 heavy (non-hydrogen) atoms. The summed E-state index contributed by atoms with van der Waals surface area (Å²) in [6.45, 7) is 2.15. The fourth-order valence-corrected chi connectivity index (χ4v) is 1.52. The van der Waals surface area contributed by atoms with E-state index in [2.05, 4.69) is 27.9 Å². The van der Waals surface area contributed by atoms with Crippen molar-refractivity contribution < 1.29 is 0 Å². The van der Waals surface area contributed by atoms with Crippen molar-refractivity contribution in [2.45, 2.75) is 15.7 Å². The third-order valence-corrected chi connectivity index (χ3v) is 2.79. The van der Waals surface area contributed by atoms with Gasteiger partial charge in [0.05, 0.1) is 2.88 Å². The molecule has 0 aromatic rings. The predicted octanol–water partition coefficient (Wildman–Crippen LogP) is 1.74. The fraction of sp³-hybridized carbons (Fsp3) is 1.00. The Bertz CT molecular complexity index is 76.5. The lowest BCUT2D eigenvalue weighted by molar-refractivity contribution is 0.515. The van der Waals surface area contributed by atoms with E-state index in [0.717, 1.165) is 25.9 Å². The zero-order valence-electron chi connectivity index (χ0n) is 4.58. The standard InChI is InChI=1S/C5H9ClIN/c6-5(7)1-3-8-4-2-5/h8H,1-4H2. The van der Waals surface area contributed by atoms with Crippen molar-refractivity contribution >= 4 is 34.2 Å². The Morgan fingerprint density at radius 1 is 1.38 bits per heavy atom. The van der Waals surface area contributed by atoms with Crippen LogP contribution in [0, 0.1) is 0 Å². The molecule has 0 unspecified atom stereocenters. The van der Waals surface area contributed by atoms with Crippen LogP contribution in [0.2, 0.25) is 0 Å². The molecule has 0 amide bonds. The quantitative estimate of drug-likeness (QED) is 0.506. The zero-order chi connectivity index (χ0) is 6.04. The summed E-state index contributed by atoms with van der Waals surface area (Å²) in [6.07, 6.45) is 2.18. The molecule has 48 valence electrons. The number of alkyl halides is 2. The van der Waals surface area contributed by atoms with E-state index >= 15 is 0 Å². The Balaban J connectivity index is 2.33. The molecule has 1 aliphatic heterocycles. The minimum absolute atomic E-state index is 0.0585. The molecule has 1 rings (SSSR count). The van der Waals surface area contributed by atoms with Gasteiger partial charge in [-0.3, -0.25) is 0 Å². The molecule has 0 radical (unpaired) electrons. The van der Waals surface area contributed by atoms with Crippen LogP contribution in [0.15, 0.2) is 0 Å². The van der Waals surface area contributed by atoms with Gasteiger partial charge in [0.2, 0.25) is 0 Å². The molecule has 0 aliphatic carbocycles. The van der Waals surface area contributed by atoms with Gasteiger partial charge in [-0.25, -0.2) is 0 Å². The van der Waals surface area contributed by atoms with E-state index in [0.29, 0.717) is 0 Å². The molecule has 1 aliphatic rings. The van der Waals surface area contributed by atoms with Crippen LogP contribution in [0.3, 0.4) is 0 Å². The number of nitrogens with one attached hydrogen (secondary N) is 1. The summed E-state index contributed by atoms with van der Waals surface area (Å²) in [4.78, 5) is 0. The van der Waals surface area contributed by atoms with Crippen molar-refractivity contribution in [1.82, 2.24) is 5.32 Å². The smallest absolute Gasteiger partial charge is 0.0981 e. The second kappa shape index (κ2) is 2.71. The van der Waals surface area contributed by atoms with E-state index < -0.39 is 0 Å². The molecule has 3 heteroatoms. The Hall–Kier alpha value is 0.980. The monoisotopic (exact) mass is 245 g/mol. The van der Waals surface area contributed by atoms with Gasteiger partial charge in [-0.15, -0.1) is 11.6 Å². The first-order valence-electron chi connectivity index (χ1n) is 2.79. The SMILES string of the molecule is ClC1(I)CCNCC1. The first-order valence-corrected chi connectivity index (χ1v) is 4.25. The Labute approximate surface area is 68.3 Å². The third-order valence-electron chi connectivity index (χ3n) is 1.34. The Morgan fingerprint density at radius 3 is 2.12 bits per heavy atom. The molecule has 1 heterocycles. The van der Waals surface area contributed by atoms with Gasteiger partial charge in [0.15, 0.2) is 0 Å². The van der Waals surface area contributed by atoms with Crippen LogP contribution in [0.4, 0.5) is 0 Å². The summed E-state index contributed by atoms with van der Waals surface area (Å²) >= 11 is 8.34. The average Bonchev–Trinajstić information content (AvgIpc) is 1.65. The van der Waals surface area contributed by atoms with E-state index in [1.807, 2.05) is 0 Å². The fourth-order valence-electron chi connectivity index (χ4n) is 0.793. The van der Waals surface area contributed by atoms with Crippen LogP contribution in [0.5, 0.6) is 0 Å². The van der Waals surface area contributed by atoms with Crippen molar-refractivity contribution in [2.24, 2.45) is 0 Å². The summed E-state index contributed by atoms with van der Waals surface area (Å²) < 4.78 is 0.0585. The van der Waals surface area contributed by atoms with Gasteiger partial charge in [-0.05, 0) is 25.9 Å². The summed E-state index contributed by atoms with van der Waals surface area (Å²) in [6, 6.07) is 0. The van der Waals surface area contributed by atoms with Gasteiger partial charge in [0, 0.05) is 0 Å². The molecule has 1 nitrogen and oxygen atoms in total. The molecular formula is C5H9ClIN. The lowest BCUT2D eigenvalue weighted by Crippen LogP contribution is -2.33. The minimum atomic E-state index is 0.0585. The Kier molecular flexibility index (Phi) is 2.40. The highest BCUT2D eigenvalue weighted by molar-refractivity contribution is 14.1. The maximum Gasteiger partial charge on any atom is 0.0981 e. The Morgan fingerprint density at radius 2 is 1.88 bits per heavy atom. The summed E-state index contributed by atoms with van der Waals surface area (Å²) in [7, 11) is 0. The molecule has 1 saturated heterocycles. The maximum absolute atomic E-state index is 6.02. The molecular weight excluding hydrogens is 236 g/mol. The molecule has 0 aromatic carbocycles. The first kappa shape index (κ1) is 7.09. The van der Waals surface area contributed by atoms with Gasteiger partial charge in [-0.1, -0.05) is 22.6 Å². The van der Waals surface area contributed by atoms with E-state index in [4.69, 9.17) is 11.6 Å². The highest BCUT2D eigenvalue weighted by Gasteiger charge is 2.24. The van der Waals surface area contributed by atoms with Gasteiger partial charge >= 0.3 is 0 Å². The highest BCUT2D eigenvalue weighted by Crippen LogP contribution is 2.33. The zero-order valence-corrected chi connectivity index (χ0v) is 7.50. The maximum atomic E-state index is 6.02. The minimum Gasteiger partial charge on any atom is -0.317 e. The van der Waals surface area contributed by atoms with Crippen LogP contribution in [0.1, 0.15) is 12.8 Å². The summed E-state index contributed by atoms with van der Waals surface area (Å²) in [5, 5.41) is 3.25. The van der Waals surface area contributed by atoms with Crippen molar-refractivity contribution in [3.8, 4) is 0 Å². The average molecular weight is 245 g/mol. The normalized spacial score (nSPS) is 27.8. The van der Waals surface area contributed by atoms with E-state index in [9.17, 15) is 0 Å². The second-order valence-electron chi connectivity index (χ2n) is 2.11. The highest BCUT2D eigenvalue weighted by atomic mass is 127. The first-order chi connectivity index (χ1) is 3.71. The molecule has 1 fully saturated rings. The lowest BCUT2D eigenvalue weighted by Gasteiger charge is -2.25. The molecule has 0 bridgehead atoms. The van der Waals surface area contributed by atoms with Crippen LogP contribution < -0.4 is 5.32 Å². The number of rotatable bonds is 0. The van der Waals surface area contributed by atoms with E-state index in [1.165, 1.54) is 0 Å². The topological polar surface area (TPSA) is 12.0 Å². The van der Waals surface area contributed by atoms with Crippen LogP contribution in [-0.2, 0) is 0 Å². The van der Waals surface area contributed by atoms with Gasteiger partial charge in [0.1, 0.15) is 0 Å². The molecule has 0 saturated carbocycles. The van der Waals surface area contributed by atoms with E-state index in [1.54, 1.807) is 0 Å². The van der Waals surface area contributed by atoms with Crippen LogP contribution >= 0.6 is 34.2 Å². The number of piperidine rings is 1. The molecule has 0 atom stereocenters. The largest absolute Gasteiger partial charge is 0.317 e. The second-order valence-corrected chi connectivity index (χ2v) is 5.53. The van der Waals surface area contributed by atoms with Crippen LogP contribution in [-0.4, -0.2) is 16.0 Å². The van der Waals surface area contributed by atoms with E-state index in [-0.39, 0.29) is 2.88 Å². The summed E-state index contributed by atoms with van der Waals surface area (Å²) in [5.41, 5.74) is 0. The third kappa shape index (κ3) is 2.07. The van der Waals surface area contributed by atoms with Crippen molar-refractivity contribution in [3.05, 3.63) is 0 Å². The molecule has 1 N–H and O–H groups in total. The van der Waals surface area contributed by atoms with Gasteiger partial charge < -0.3 is 5.32 Å². The van der Waals surface area contributed by atoms with Gasteiger partial charge in [0.25, 0.3) is 0 Å². The van der Waals surface area contributed by atoms with Crippen molar-refractivity contribution in [3.63, 3.8) is 0 Å². The summed E-state index contributed by atoms with van der Waals surface area (Å²) in [5.74, 6) is 0. The van der Waals surface area contributed by atoms with Gasteiger partial charge in [-0.2, -0.15) is 0 Å². The molecule has 0 spiro atoms. The number of halogens is 2. The predicted molar refractivity (Wildman–Crippen MR) is 44.7 cm³/mol. The number of hydrogen-bond donors (Lipinski definition) is 1. The lowest BCUT2D eigenvalue weighted by atomic mass is 10.2. The molecule has 0 aromatic heterocycles. The van der Waals surface area contributed by atoms with Crippen LogP contribution in [0.25, 0.3) is 0 Å². The van der Waals surface area contributed by atoms with Crippen molar-refractivity contribution in [1.29, 1.82) is 0 Å².